The summed E-state index contributed by atoms with van der Waals surface area (Å²) in [6.07, 6.45) is 10.6. The van der Waals surface area contributed by atoms with E-state index in [1.54, 1.807) is 4.68 Å². The quantitative estimate of drug-likeness (QED) is 0.0412. The molecule has 0 bridgehead atoms. The topological polar surface area (TPSA) is 261 Å². The molecule has 1 unspecified atom stereocenters. The molecule has 1 aliphatic heterocycles. The van der Waals surface area contributed by atoms with Crippen LogP contribution < -0.4 is 54.4 Å². The molecule has 2 aliphatic rings. The zero-order valence-corrected chi connectivity index (χ0v) is 31.6. The first-order valence-corrected chi connectivity index (χ1v) is 18.5. The number of nitrogens with two attached hydrogens (primary N) is 6. The van der Waals surface area contributed by atoms with Crippen LogP contribution in [0.1, 0.15) is 43.2 Å². The predicted octanol–water partition coefficient (Wildman–Crippen LogP) is 2.65. The van der Waals surface area contributed by atoms with Crippen molar-refractivity contribution in [2.24, 2.45) is 55.3 Å². The zero-order valence-electron chi connectivity index (χ0n) is 31.6. The van der Waals surface area contributed by atoms with Gasteiger partial charge in [0, 0.05) is 69.0 Å². The Labute approximate surface area is 326 Å². The van der Waals surface area contributed by atoms with Crippen molar-refractivity contribution in [3.63, 3.8) is 0 Å². The minimum Gasteiger partial charge on any atom is -0.493 e. The molecule has 17 heteroatoms. The van der Waals surface area contributed by atoms with Crippen LogP contribution in [-0.4, -0.2) is 77.8 Å². The fourth-order valence-electron chi connectivity index (χ4n) is 6.41. The Morgan fingerprint density at radius 2 is 1.34 bits per heavy atom. The molecule has 4 aromatic rings. The molecule has 0 saturated carbocycles. The fourth-order valence-corrected chi connectivity index (χ4v) is 6.41. The van der Waals surface area contributed by atoms with Gasteiger partial charge in [0.1, 0.15) is 17.2 Å². The maximum atomic E-state index is 5.98. The minimum atomic E-state index is 0.0716. The lowest BCUT2D eigenvalue weighted by molar-refractivity contribution is 0.313. The van der Waals surface area contributed by atoms with Gasteiger partial charge in [-0.2, -0.15) is 0 Å². The molecule has 0 radical (unpaired) electrons. The predicted molar refractivity (Wildman–Crippen MR) is 222 cm³/mol. The van der Waals surface area contributed by atoms with Gasteiger partial charge in [-0.1, -0.05) is 23.4 Å². The van der Waals surface area contributed by atoms with E-state index in [2.05, 4.69) is 61.3 Å². The van der Waals surface area contributed by atoms with Crippen molar-refractivity contribution in [2.45, 2.75) is 32.1 Å². The number of hydrogen-bond donors (Lipinski definition) is 7. The summed E-state index contributed by atoms with van der Waals surface area (Å²) >= 11 is 0. The number of rotatable bonds is 19. The molecular weight excluding hydrogens is 711 g/mol. The third-order valence-electron chi connectivity index (χ3n) is 9.20. The van der Waals surface area contributed by atoms with Crippen LogP contribution in [0.25, 0.3) is 28.2 Å². The van der Waals surface area contributed by atoms with E-state index in [0.717, 1.165) is 64.5 Å². The summed E-state index contributed by atoms with van der Waals surface area (Å²) < 4.78 is 13.7. The van der Waals surface area contributed by atoms with Crippen molar-refractivity contribution in [3.05, 3.63) is 96.3 Å². The SMILES string of the molecule is CN1NN(c2cccc(OCCCN=C(N)N)c2)C=C1c1cc(C2=CCC2CCCN=C(N)N)cc(-c2cn(-c3cccc(OCCCN=C(N)N)c3)nn2)c1. The van der Waals surface area contributed by atoms with Gasteiger partial charge in [0.15, 0.2) is 17.9 Å². The molecule has 294 valence electrons. The smallest absolute Gasteiger partial charge is 0.185 e. The monoisotopic (exact) mass is 761 g/mol. The van der Waals surface area contributed by atoms with Crippen molar-refractivity contribution in [1.82, 2.24) is 25.5 Å². The first-order valence-electron chi connectivity index (χ1n) is 18.5. The highest BCUT2D eigenvalue weighted by Crippen LogP contribution is 2.41. The van der Waals surface area contributed by atoms with Gasteiger partial charge in [0.05, 0.1) is 36.5 Å². The molecule has 2 heterocycles. The molecule has 1 aliphatic carbocycles. The third-order valence-corrected chi connectivity index (χ3v) is 9.20. The number of hydrazine groups is 2. The number of hydrogen-bond acceptors (Lipinski definition) is 10. The second-order valence-corrected chi connectivity index (χ2v) is 13.4. The Bertz CT molecular complexity index is 2110. The highest BCUT2D eigenvalue weighted by atomic mass is 16.5. The summed E-state index contributed by atoms with van der Waals surface area (Å²) in [5.41, 5.74) is 44.1. The Balaban J connectivity index is 1.25. The number of nitrogens with zero attached hydrogens (tertiary/aromatic N) is 8. The summed E-state index contributed by atoms with van der Waals surface area (Å²) in [4.78, 5) is 12.2. The van der Waals surface area contributed by atoms with Crippen LogP contribution in [0.15, 0.2) is 100 Å². The van der Waals surface area contributed by atoms with Crippen LogP contribution >= 0.6 is 0 Å². The number of nitrogens with one attached hydrogen (secondary N) is 1. The highest BCUT2D eigenvalue weighted by Gasteiger charge is 2.26. The van der Waals surface area contributed by atoms with E-state index in [4.69, 9.17) is 43.9 Å². The van der Waals surface area contributed by atoms with Crippen molar-refractivity contribution in [2.75, 3.05) is 44.9 Å². The number of aliphatic imine (C=N–C) groups is 3. The number of ether oxygens (including phenoxy) is 2. The van der Waals surface area contributed by atoms with Gasteiger partial charge in [-0.3, -0.25) is 25.0 Å². The lowest BCUT2D eigenvalue weighted by Gasteiger charge is -2.28. The van der Waals surface area contributed by atoms with Gasteiger partial charge in [-0.05, 0) is 78.8 Å². The lowest BCUT2D eigenvalue weighted by Crippen LogP contribution is -2.37. The standard InChI is InChI=1S/C39H51N15O2/c1-52-36(25-54(51-52)31-9-3-11-33(23-31)56-18-6-16-48-39(44)45)29-20-27(34-13-12-26(34)7-4-14-46-37(40)41)19-28(21-29)35-24-53(50-49-35)30-8-2-10-32(22-30)55-17-5-15-47-38(42)43/h2-3,8-11,13,19-26,51H,4-7,12,14-18H2,1H3,(H4,40,41,46)(H4,42,43,47)(H4,44,45,48). The van der Waals surface area contributed by atoms with Crippen molar-refractivity contribution in [1.29, 1.82) is 0 Å². The molecule has 6 rings (SSSR count). The van der Waals surface area contributed by atoms with E-state index in [1.807, 2.05) is 71.8 Å². The van der Waals surface area contributed by atoms with Crippen molar-refractivity contribution in [3.8, 4) is 28.4 Å². The zero-order chi connectivity index (χ0) is 39.4. The average Bonchev–Trinajstić information content (AvgIpc) is 3.82. The van der Waals surface area contributed by atoms with Crippen molar-refractivity contribution >= 4 is 34.8 Å². The highest BCUT2D eigenvalue weighted by molar-refractivity contribution is 5.81. The van der Waals surface area contributed by atoms with Gasteiger partial charge in [-0.15, -0.1) is 10.6 Å². The first kappa shape index (κ1) is 39.0. The Kier molecular flexibility index (Phi) is 12.9. The van der Waals surface area contributed by atoms with Gasteiger partial charge >= 0.3 is 0 Å². The van der Waals surface area contributed by atoms with Crippen molar-refractivity contribution < 1.29 is 9.47 Å². The molecule has 3 aromatic carbocycles. The molecule has 0 spiro atoms. The fraction of sp³-hybridized carbons (Fsp3) is 0.308. The van der Waals surface area contributed by atoms with Gasteiger partial charge in [-0.25, -0.2) is 4.68 Å². The van der Waals surface area contributed by atoms with E-state index in [1.165, 1.54) is 5.57 Å². The molecule has 13 N–H and O–H groups in total. The second kappa shape index (κ2) is 18.5. The van der Waals surface area contributed by atoms with Crippen LogP contribution in [0.4, 0.5) is 5.69 Å². The minimum absolute atomic E-state index is 0.0716. The van der Waals surface area contributed by atoms with Crippen LogP contribution in [0, 0.1) is 5.92 Å². The van der Waals surface area contributed by atoms with Crippen LogP contribution in [0.5, 0.6) is 11.5 Å². The summed E-state index contributed by atoms with van der Waals surface area (Å²) in [6, 6.07) is 22.2. The van der Waals surface area contributed by atoms with E-state index < -0.39 is 0 Å². The van der Waals surface area contributed by atoms with Gasteiger partial charge in [0.25, 0.3) is 0 Å². The lowest BCUT2D eigenvalue weighted by atomic mass is 9.77. The summed E-state index contributed by atoms with van der Waals surface area (Å²) in [6.45, 7) is 2.57. The number of allylic oxidation sites excluding steroid dienone is 2. The Morgan fingerprint density at radius 3 is 1.96 bits per heavy atom. The van der Waals surface area contributed by atoms with Gasteiger partial charge in [0.2, 0.25) is 0 Å². The Morgan fingerprint density at radius 1 is 0.750 bits per heavy atom. The molecule has 0 amide bonds. The van der Waals surface area contributed by atoms with Crippen LogP contribution in [0.2, 0.25) is 0 Å². The van der Waals surface area contributed by atoms with E-state index >= 15 is 0 Å². The molecule has 17 nitrogen and oxygen atoms in total. The maximum Gasteiger partial charge on any atom is 0.185 e. The van der Waals surface area contributed by atoms with Gasteiger partial charge < -0.3 is 43.9 Å². The van der Waals surface area contributed by atoms with Crippen LogP contribution in [0.3, 0.4) is 0 Å². The van der Waals surface area contributed by atoms with E-state index in [0.29, 0.717) is 57.4 Å². The number of benzene rings is 3. The number of guanidine groups is 3. The van der Waals surface area contributed by atoms with E-state index in [-0.39, 0.29) is 17.9 Å². The molecule has 1 atom stereocenters. The normalized spacial score (nSPS) is 14.7. The maximum absolute atomic E-state index is 5.98. The Hall–Kier alpha value is -6.75. The number of aromatic nitrogens is 3. The summed E-state index contributed by atoms with van der Waals surface area (Å²) in [5, 5.41) is 13.1. The average molecular weight is 762 g/mol. The molecule has 0 fully saturated rings. The van der Waals surface area contributed by atoms with Crippen LogP contribution in [-0.2, 0) is 0 Å². The molecule has 56 heavy (non-hydrogen) atoms. The first-order chi connectivity index (χ1) is 27.1. The summed E-state index contributed by atoms with van der Waals surface area (Å²) in [5.74, 6) is 2.12. The molecule has 1 aromatic heterocycles. The number of anilines is 1. The molecule has 0 saturated heterocycles. The molecular formula is C39H51N15O2. The van der Waals surface area contributed by atoms with E-state index in [9.17, 15) is 0 Å². The third kappa shape index (κ3) is 10.5. The summed E-state index contributed by atoms with van der Waals surface area (Å²) in [7, 11) is 1.99. The largest absolute Gasteiger partial charge is 0.493 e. The second-order valence-electron chi connectivity index (χ2n) is 13.4.